The fourth-order valence-corrected chi connectivity index (χ4v) is 3.17. The number of carbonyl (C=O) groups is 2. The molecule has 2 unspecified atom stereocenters. The third kappa shape index (κ3) is 2.30. The number of aliphatic carboxylic acids is 1. The first-order valence-electron chi connectivity index (χ1n) is 6.77. The van der Waals surface area contributed by atoms with Crippen molar-refractivity contribution in [3.05, 3.63) is 28.8 Å². The van der Waals surface area contributed by atoms with E-state index in [0.29, 0.717) is 0 Å². The van der Waals surface area contributed by atoms with Gasteiger partial charge in [0, 0.05) is 5.69 Å². The van der Waals surface area contributed by atoms with Gasteiger partial charge >= 0.3 is 5.97 Å². The first kappa shape index (κ1) is 14.6. The molecule has 1 saturated carbocycles. The van der Waals surface area contributed by atoms with Gasteiger partial charge in [-0.1, -0.05) is 31.5 Å². The van der Waals surface area contributed by atoms with Gasteiger partial charge in [-0.25, -0.2) is 0 Å². The lowest BCUT2D eigenvalue weighted by Gasteiger charge is -2.13. The van der Waals surface area contributed by atoms with Gasteiger partial charge in [0.05, 0.1) is 11.8 Å². The molecular formula is C16H21NO3. The topological polar surface area (TPSA) is 66.4 Å². The van der Waals surface area contributed by atoms with Crippen LogP contribution in [0.5, 0.6) is 0 Å². The van der Waals surface area contributed by atoms with Crippen LogP contribution in [-0.4, -0.2) is 17.0 Å². The molecule has 0 bridgehead atoms. The molecule has 1 aromatic rings. The van der Waals surface area contributed by atoms with Crippen LogP contribution in [0.25, 0.3) is 0 Å². The second kappa shape index (κ2) is 4.62. The Labute approximate surface area is 119 Å². The molecule has 0 aliphatic heterocycles. The maximum absolute atomic E-state index is 12.3. The van der Waals surface area contributed by atoms with Crippen LogP contribution in [0, 0.1) is 38.0 Å². The van der Waals surface area contributed by atoms with E-state index in [2.05, 4.69) is 5.32 Å². The second-order valence-electron chi connectivity index (χ2n) is 6.38. The molecule has 2 N–H and O–H groups in total. The molecule has 0 saturated heterocycles. The third-order valence-corrected chi connectivity index (χ3v) is 4.30. The highest BCUT2D eigenvalue weighted by atomic mass is 16.4. The van der Waals surface area contributed by atoms with Gasteiger partial charge in [0.25, 0.3) is 0 Å². The largest absolute Gasteiger partial charge is 0.481 e. The molecule has 20 heavy (non-hydrogen) atoms. The lowest BCUT2D eigenvalue weighted by molar-refractivity contribution is -0.140. The lowest BCUT2D eigenvalue weighted by Crippen LogP contribution is -2.19. The smallest absolute Gasteiger partial charge is 0.307 e. The van der Waals surface area contributed by atoms with E-state index >= 15 is 0 Å². The third-order valence-electron chi connectivity index (χ3n) is 4.30. The number of benzene rings is 1. The number of carbonyl (C=O) groups excluding carboxylic acids is 1. The Morgan fingerprint density at radius 2 is 1.60 bits per heavy atom. The van der Waals surface area contributed by atoms with Gasteiger partial charge in [-0.2, -0.15) is 0 Å². The van der Waals surface area contributed by atoms with Crippen molar-refractivity contribution in [3.63, 3.8) is 0 Å². The number of anilines is 1. The van der Waals surface area contributed by atoms with Crippen LogP contribution in [0.3, 0.4) is 0 Å². The molecule has 1 fully saturated rings. The average Bonchev–Trinajstić information content (AvgIpc) is 2.86. The molecule has 108 valence electrons. The monoisotopic (exact) mass is 275 g/mol. The van der Waals surface area contributed by atoms with Crippen molar-refractivity contribution in [3.8, 4) is 0 Å². The zero-order valence-electron chi connectivity index (χ0n) is 12.6. The van der Waals surface area contributed by atoms with E-state index in [1.165, 1.54) is 0 Å². The number of amides is 1. The van der Waals surface area contributed by atoms with Crippen molar-refractivity contribution in [2.24, 2.45) is 17.3 Å². The van der Waals surface area contributed by atoms with Gasteiger partial charge in [0.15, 0.2) is 0 Å². The van der Waals surface area contributed by atoms with E-state index in [0.717, 1.165) is 22.4 Å². The predicted octanol–water partition coefficient (Wildman–Crippen LogP) is 2.91. The number of carboxylic acid groups (broad SMARTS) is 1. The lowest BCUT2D eigenvalue weighted by atomic mass is 10.0. The van der Waals surface area contributed by atoms with Gasteiger partial charge in [-0.3, -0.25) is 9.59 Å². The highest BCUT2D eigenvalue weighted by Crippen LogP contribution is 2.58. The SMILES string of the molecule is Cc1cc(C)c(NC(=O)C2C(C(=O)O)C2(C)C)c(C)c1. The summed E-state index contributed by atoms with van der Waals surface area (Å²) in [6.07, 6.45) is 0. The Morgan fingerprint density at radius 1 is 1.10 bits per heavy atom. The van der Waals surface area contributed by atoms with Crippen molar-refractivity contribution in [1.82, 2.24) is 0 Å². The summed E-state index contributed by atoms with van der Waals surface area (Å²) in [7, 11) is 0. The summed E-state index contributed by atoms with van der Waals surface area (Å²) in [6.45, 7) is 9.55. The van der Waals surface area contributed by atoms with E-state index < -0.39 is 23.2 Å². The van der Waals surface area contributed by atoms with Crippen LogP contribution in [0.1, 0.15) is 30.5 Å². The highest BCUT2D eigenvalue weighted by molar-refractivity contribution is 6.00. The minimum absolute atomic E-state index is 0.197. The fraction of sp³-hybridized carbons (Fsp3) is 0.500. The second-order valence-corrected chi connectivity index (χ2v) is 6.38. The number of nitrogens with one attached hydrogen (secondary N) is 1. The maximum Gasteiger partial charge on any atom is 0.307 e. The average molecular weight is 275 g/mol. The van der Waals surface area contributed by atoms with Crippen LogP contribution in [0.4, 0.5) is 5.69 Å². The number of carboxylic acids is 1. The summed E-state index contributed by atoms with van der Waals surface area (Å²) in [5, 5.41) is 12.0. The molecule has 0 heterocycles. The van der Waals surface area contributed by atoms with Crippen LogP contribution in [0.2, 0.25) is 0 Å². The number of hydrogen-bond acceptors (Lipinski definition) is 2. The van der Waals surface area contributed by atoms with Gasteiger partial charge in [-0.15, -0.1) is 0 Å². The molecule has 1 amide bonds. The highest BCUT2D eigenvalue weighted by Gasteiger charge is 2.65. The molecule has 4 nitrogen and oxygen atoms in total. The molecule has 0 radical (unpaired) electrons. The molecule has 0 spiro atoms. The van der Waals surface area contributed by atoms with Crippen molar-refractivity contribution in [1.29, 1.82) is 0 Å². The van der Waals surface area contributed by atoms with Crippen LogP contribution in [0.15, 0.2) is 12.1 Å². The van der Waals surface area contributed by atoms with Crippen molar-refractivity contribution < 1.29 is 14.7 Å². The quantitative estimate of drug-likeness (QED) is 0.891. The van der Waals surface area contributed by atoms with Crippen molar-refractivity contribution >= 4 is 17.6 Å². The fourth-order valence-electron chi connectivity index (χ4n) is 3.17. The van der Waals surface area contributed by atoms with Gasteiger partial charge in [-0.05, 0) is 37.3 Å². The molecule has 1 aliphatic carbocycles. The summed E-state index contributed by atoms with van der Waals surface area (Å²) < 4.78 is 0. The Bertz CT molecular complexity index is 566. The Morgan fingerprint density at radius 3 is 2.00 bits per heavy atom. The standard InChI is InChI=1S/C16H21NO3/c1-8-6-9(2)13(10(3)7-8)17-14(18)11-12(15(19)20)16(11,4)5/h6-7,11-12H,1-5H3,(H,17,18)(H,19,20). The molecule has 2 atom stereocenters. The first-order chi connectivity index (χ1) is 9.16. The Balaban J connectivity index is 2.20. The van der Waals surface area contributed by atoms with E-state index in [-0.39, 0.29) is 5.91 Å². The first-order valence-corrected chi connectivity index (χ1v) is 6.77. The molecule has 4 heteroatoms. The van der Waals surface area contributed by atoms with Crippen LogP contribution < -0.4 is 5.32 Å². The molecule has 1 aromatic carbocycles. The van der Waals surface area contributed by atoms with E-state index in [9.17, 15) is 9.59 Å². The predicted molar refractivity (Wildman–Crippen MR) is 77.7 cm³/mol. The summed E-state index contributed by atoms with van der Waals surface area (Å²) >= 11 is 0. The summed E-state index contributed by atoms with van der Waals surface area (Å²) in [5.74, 6) is -2.14. The number of rotatable bonds is 3. The van der Waals surface area contributed by atoms with E-state index in [1.54, 1.807) is 0 Å². The maximum atomic E-state index is 12.3. The summed E-state index contributed by atoms with van der Waals surface area (Å²) in [6, 6.07) is 4.02. The molecule has 0 aromatic heterocycles. The van der Waals surface area contributed by atoms with E-state index in [4.69, 9.17) is 5.11 Å². The molecule has 2 rings (SSSR count). The Kier molecular flexibility index (Phi) is 3.36. The zero-order valence-corrected chi connectivity index (χ0v) is 12.6. The van der Waals surface area contributed by atoms with Crippen LogP contribution >= 0.6 is 0 Å². The molecule has 1 aliphatic rings. The van der Waals surface area contributed by atoms with Gasteiger partial charge in [0.1, 0.15) is 0 Å². The zero-order chi connectivity index (χ0) is 15.2. The van der Waals surface area contributed by atoms with Crippen LogP contribution in [-0.2, 0) is 9.59 Å². The minimum atomic E-state index is -0.896. The van der Waals surface area contributed by atoms with Crippen molar-refractivity contribution in [2.45, 2.75) is 34.6 Å². The minimum Gasteiger partial charge on any atom is -0.481 e. The summed E-state index contributed by atoms with van der Waals surface area (Å²) in [4.78, 5) is 23.5. The summed E-state index contributed by atoms with van der Waals surface area (Å²) in [5.41, 5.74) is 3.48. The van der Waals surface area contributed by atoms with Crippen molar-refractivity contribution in [2.75, 3.05) is 5.32 Å². The molecular weight excluding hydrogens is 254 g/mol. The number of hydrogen-bond donors (Lipinski definition) is 2. The normalized spacial score (nSPS) is 23.2. The van der Waals surface area contributed by atoms with Gasteiger partial charge in [0.2, 0.25) is 5.91 Å². The van der Waals surface area contributed by atoms with Gasteiger partial charge < -0.3 is 10.4 Å². The number of aryl methyl sites for hydroxylation is 3. The Hall–Kier alpha value is -1.84. The van der Waals surface area contributed by atoms with E-state index in [1.807, 2.05) is 46.8 Å².